The van der Waals surface area contributed by atoms with E-state index in [1.807, 2.05) is 13.8 Å². The van der Waals surface area contributed by atoms with Crippen molar-refractivity contribution in [2.75, 3.05) is 39.4 Å². The van der Waals surface area contributed by atoms with E-state index in [4.69, 9.17) is 9.47 Å². The van der Waals surface area contributed by atoms with Crippen LogP contribution in [0.5, 0.6) is 17.2 Å². The molecule has 1 fully saturated rings. The molecular weight excluding hydrogens is 424 g/mol. The molecule has 1 atom stereocenters. The molecule has 2 N–H and O–H groups in total. The molecule has 0 aromatic heterocycles. The molecule has 2 heterocycles. The number of aliphatic hydroxyl groups excluding tert-OH is 1. The molecule has 4 rings (SSSR count). The molecular formula is C25H28N2O6. The summed E-state index contributed by atoms with van der Waals surface area (Å²) in [6.45, 7) is 7.41. The average molecular weight is 453 g/mol. The number of phenols is 1. The van der Waals surface area contributed by atoms with Gasteiger partial charge >= 0.3 is 0 Å². The largest absolute Gasteiger partial charge is 0.508 e. The molecule has 2 aliphatic heterocycles. The number of aromatic hydroxyl groups is 1. The number of ketones is 1. The zero-order valence-corrected chi connectivity index (χ0v) is 18.8. The van der Waals surface area contributed by atoms with Gasteiger partial charge in [-0.25, -0.2) is 0 Å². The van der Waals surface area contributed by atoms with Gasteiger partial charge in [0, 0.05) is 18.7 Å². The van der Waals surface area contributed by atoms with Gasteiger partial charge in [-0.1, -0.05) is 26.0 Å². The Bertz CT molecular complexity index is 1090. The maximum absolute atomic E-state index is 13.1. The quantitative estimate of drug-likeness (QED) is 0.379. The number of phenolic OH excluding ortho intramolecular Hbond substituents is 1. The van der Waals surface area contributed by atoms with E-state index in [1.165, 1.54) is 17.0 Å². The maximum atomic E-state index is 13.1. The fraction of sp³-hybridized carbons (Fsp3) is 0.360. The third-order valence-electron chi connectivity index (χ3n) is 6.09. The predicted molar refractivity (Wildman–Crippen MR) is 122 cm³/mol. The number of nitrogens with zero attached hydrogens (tertiary/aromatic N) is 2. The summed E-state index contributed by atoms with van der Waals surface area (Å²) >= 11 is 0. The van der Waals surface area contributed by atoms with E-state index in [-0.39, 0.29) is 17.1 Å². The Morgan fingerprint density at radius 3 is 2.48 bits per heavy atom. The number of rotatable bonds is 7. The minimum absolute atomic E-state index is 0.0122. The zero-order chi connectivity index (χ0) is 23.5. The Hall–Kier alpha value is -3.52. The van der Waals surface area contributed by atoms with Gasteiger partial charge in [-0.3, -0.25) is 9.59 Å². The van der Waals surface area contributed by atoms with Crippen molar-refractivity contribution in [3.63, 3.8) is 0 Å². The Morgan fingerprint density at radius 1 is 1.06 bits per heavy atom. The van der Waals surface area contributed by atoms with Gasteiger partial charge in [-0.15, -0.1) is 0 Å². The molecule has 2 aromatic carbocycles. The first-order valence-electron chi connectivity index (χ1n) is 11.1. The van der Waals surface area contributed by atoms with E-state index in [0.29, 0.717) is 48.9 Å². The van der Waals surface area contributed by atoms with Gasteiger partial charge < -0.3 is 29.5 Å². The minimum atomic E-state index is -0.819. The third kappa shape index (κ3) is 4.39. The monoisotopic (exact) mass is 452 g/mol. The molecule has 174 valence electrons. The molecule has 0 spiro atoms. The lowest BCUT2D eigenvalue weighted by atomic mass is 9.95. The van der Waals surface area contributed by atoms with Crippen LogP contribution in [0.25, 0.3) is 5.76 Å². The Balaban J connectivity index is 1.79. The van der Waals surface area contributed by atoms with Crippen LogP contribution in [0.4, 0.5) is 0 Å². The van der Waals surface area contributed by atoms with E-state index in [2.05, 4.69) is 4.90 Å². The lowest BCUT2D eigenvalue weighted by molar-refractivity contribution is -0.140. The number of likely N-dealkylation sites (tertiary alicyclic amines) is 1. The highest BCUT2D eigenvalue weighted by Gasteiger charge is 2.46. The number of hydrogen-bond donors (Lipinski definition) is 2. The molecule has 0 radical (unpaired) electrons. The van der Waals surface area contributed by atoms with Gasteiger partial charge in [-0.05, 0) is 49.0 Å². The molecule has 1 saturated heterocycles. The summed E-state index contributed by atoms with van der Waals surface area (Å²) in [5.41, 5.74) is 0.890. The highest BCUT2D eigenvalue weighted by Crippen LogP contribution is 2.41. The number of carbonyl (C=O) groups is 2. The number of ether oxygens (including phenoxy) is 2. The van der Waals surface area contributed by atoms with Crippen LogP contribution in [0.2, 0.25) is 0 Å². The van der Waals surface area contributed by atoms with Crippen molar-refractivity contribution < 1.29 is 29.3 Å². The normalized spacial score (nSPS) is 19.4. The Morgan fingerprint density at radius 2 is 1.79 bits per heavy atom. The van der Waals surface area contributed by atoms with Crippen molar-refractivity contribution in [3.05, 3.63) is 59.2 Å². The number of amides is 1. The molecule has 1 amide bonds. The average Bonchev–Trinajstić information content (AvgIpc) is 3.09. The summed E-state index contributed by atoms with van der Waals surface area (Å²) in [6, 6.07) is 10.5. The first-order chi connectivity index (χ1) is 15.9. The zero-order valence-electron chi connectivity index (χ0n) is 18.8. The molecule has 8 heteroatoms. The van der Waals surface area contributed by atoms with Crippen molar-refractivity contribution in [3.8, 4) is 17.2 Å². The smallest absolute Gasteiger partial charge is 0.295 e. The molecule has 0 saturated carbocycles. The number of likely N-dealkylation sites (N-methyl/N-ethyl adjacent to an activating group) is 1. The highest BCUT2D eigenvalue weighted by atomic mass is 16.6. The third-order valence-corrected chi connectivity index (χ3v) is 6.09. The number of Topliss-reactive ketones (excluding diaryl/α,β-unsaturated/α-hetero) is 1. The first kappa shape index (κ1) is 22.7. The van der Waals surface area contributed by atoms with Crippen LogP contribution >= 0.6 is 0 Å². The molecule has 0 aliphatic carbocycles. The summed E-state index contributed by atoms with van der Waals surface area (Å²) < 4.78 is 11.1. The second-order valence-electron chi connectivity index (χ2n) is 7.97. The predicted octanol–water partition coefficient (Wildman–Crippen LogP) is 2.93. The number of aliphatic hydroxyl groups is 1. The molecule has 8 nitrogen and oxygen atoms in total. The summed E-state index contributed by atoms with van der Waals surface area (Å²) in [7, 11) is 0. The second-order valence-corrected chi connectivity index (χ2v) is 7.97. The van der Waals surface area contributed by atoms with E-state index in [1.54, 1.807) is 30.3 Å². The van der Waals surface area contributed by atoms with Gasteiger partial charge in [0.2, 0.25) is 0 Å². The number of benzene rings is 2. The van der Waals surface area contributed by atoms with Crippen molar-refractivity contribution in [1.82, 2.24) is 9.80 Å². The summed E-state index contributed by atoms with van der Waals surface area (Å²) in [5.74, 6) is -0.674. The molecule has 33 heavy (non-hydrogen) atoms. The lowest BCUT2D eigenvalue weighted by Gasteiger charge is -2.28. The fourth-order valence-electron chi connectivity index (χ4n) is 4.29. The summed E-state index contributed by atoms with van der Waals surface area (Å²) in [4.78, 5) is 29.8. The molecule has 0 bridgehead atoms. The Kier molecular flexibility index (Phi) is 6.55. The van der Waals surface area contributed by atoms with Gasteiger partial charge in [0.25, 0.3) is 11.7 Å². The second kappa shape index (κ2) is 9.54. The first-order valence-corrected chi connectivity index (χ1v) is 11.1. The van der Waals surface area contributed by atoms with Crippen molar-refractivity contribution in [2.24, 2.45) is 0 Å². The minimum Gasteiger partial charge on any atom is -0.508 e. The fourth-order valence-corrected chi connectivity index (χ4v) is 4.29. The Labute approximate surface area is 192 Å². The van der Waals surface area contributed by atoms with Crippen molar-refractivity contribution in [2.45, 2.75) is 19.9 Å². The number of carbonyl (C=O) groups excluding carboxylic acids is 2. The van der Waals surface area contributed by atoms with Crippen molar-refractivity contribution >= 4 is 17.4 Å². The van der Waals surface area contributed by atoms with Crippen LogP contribution in [0, 0.1) is 0 Å². The van der Waals surface area contributed by atoms with Crippen LogP contribution in [0.15, 0.2) is 48.0 Å². The highest BCUT2D eigenvalue weighted by molar-refractivity contribution is 6.46. The van der Waals surface area contributed by atoms with Crippen LogP contribution in [0.1, 0.15) is 31.0 Å². The van der Waals surface area contributed by atoms with Crippen LogP contribution in [-0.2, 0) is 9.59 Å². The SMILES string of the molecule is CCN(CC)CCN1C(=O)C(=O)C(=C(O)c2ccc3c(c2)OCCO3)[C@H]1c1cccc(O)c1. The van der Waals surface area contributed by atoms with Gasteiger partial charge in [0.1, 0.15) is 24.7 Å². The van der Waals surface area contributed by atoms with Crippen LogP contribution < -0.4 is 9.47 Å². The maximum Gasteiger partial charge on any atom is 0.295 e. The van der Waals surface area contributed by atoms with E-state index < -0.39 is 17.7 Å². The van der Waals surface area contributed by atoms with Gasteiger partial charge in [0.05, 0.1) is 11.6 Å². The summed E-state index contributed by atoms with van der Waals surface area (Å²) in [5, 5.41) is 21.3. The number of hydrogen-bond acceptors (Lipinski definition) is 7. The standard InChI is InChI=1S/C25H28N2O6/c1-3-26(4-2)10-11-27-22(16-6-5-7-18(28)14-16)21(24(30)25(27)31)23(29)17-8-9-19-20(15-17)33-13-12-32-19/h5-9,14-15,22,28-29H,3-4,10-13H2,1-2H3/t22-/m1/s1. The van der Waals surface area contributed by atoms with E-state index in [9.17, 15) is 19.8 Å². The van der Waals surface area contributed by atoms with E-state index in [0.717, 1.165) is 13.1 Å². The van der Waals surface area contributed by atoms with E-state index >= 15 is 0 Å². The molecule has 2 aliphatic rings. The van der Waals surface area contributed by atoms with Crippen molar-refractivity contribution in [1.29, 1.82) is 0 Å². The topological polar surface area (TPSA) is 99.5 Å². The molecule has 0 unspecified atom stereocenters. The van der Waals surface area contributed by atoms with Crippen LogP contribution in [-0.4, -0.2) is 71.1 Å². The number of fused-ring (bicyclic) bond motifs is 1. The van der Waals surface area contributed by atoms with Crippen LogP contribution in [0.3, 0.4) is 0 Å². The van der Waals surface area contributed by atoms with Gasteiger partial charge in [-0.2, -0.15) is 0 Å². The van der Waals surface area contributed by atoms with Gasteiger partial charge in [0.15, 0.2) is 11.5 Å². The lowest BCUT2D eigenvalue weighted by Crippen LogP contribution is -2.38. The molecule has 2 aromatic rings. The summed E-state index contributed by atoms with van der Waals surface area (Å²) in [6.07, 6.45) is 0.